The van der Waals surface area contributed by atoms with E-state index in [-0.39, 0.29) is 12.6 Å². The van der Waals surface area contributed by atoms with Gasteiger partial charge in [0.25, 0.3) is 0 Å². The van der Waals surface area contributed by atoms with E-state index < -0.39 is 0 Å². The molecule has 0 amide bonds. The summed E-state index contributed by atoms with van der Waals surface area (Å²) in [5.74, 6) is 0.760. The molecule has 0 bridgehead atoms. The first-order valence-electron chi connectivity index (χ1n) is 6.97. The normalized spacial score (nSPS) is 18.7. The molecule has 1 fully saturated rings. The molecule has 1 aromatic carbocycles. The summed E-state index contributed by atoms with van der Waals surface area (Å²) >= 11 is 0. The Morgan fingerprint density at radius 3 is 2.61 bits per heavy atom. The van der Waals surface area contributed by atoms with Crippen molar-refractivity contribution in [2.75, 3.05) is 26.2 Å². The van der Waals surface area contributed by atoms with E-state index in [1.165, 1.54) is 18.4 Å². The summed E-state index contributed by atoms with van der Waals surface area (Å²) in [6, 6.07) is 10.6. The second kappa shape index (κ2) is 7.52. The van der Waals surface area contributed by atoms with E-state index >= 15 is 0 Å². The predicted octanol–water partition coefficient (Wildman–Crippen LogP) is 1.18. The molecule has 3 N–H and O–H groups in total. The largest absolute Gasteiger partial charge is 0.395 e. The third-order valence-corrected chi connectivity index (χ3v) is 3.70. The molecule has 0 spiro atoms. The van der Waals surface area contributed by atoms with Crippen molar-refractivity contribution in [1.29, 1.82) is 0 Å². The average molecular weight is 248 g/mol. The Morgan fingerprint density at radius 1 is 1.22 bits per heavy atom. The van der Waals surface area contributed by atoms with E-state index in [0.29, 0.717) is 0 Å². The molecular formula is C15H24N2O. The number of hydrogen-bond acceptors (Lipinski definition) is 3. The fourth-order valence-corrected chi connectivity index (χ4v) is 2.52. The van der Waals surface area contributed by atoms with E-state index in [4.69, 9.17) is 0 Å². The summed E-state index contributed by atoms with van der Waals surface area (Å²) in [6.07, 6.45) is 3.40. The van der Waals surface area contributed by atoms with E-state index in [9.17, 15) is 5.11 Å². The predicted molar refractivity (Wildman–Crippen MR) is 74.6 cm³/mol. The first-order valence-corrected chi connectivity index (χ1v) is 6.97. The molecule has 2 rings (SSSR count). The van der Waals surface area contributed by atoms with Crippen LogP contribution < -0.4 is 10.6 Å². The first-order chi connectivity index (χ1) is 8.88. The maximum absolute atomic E-state index is 9.44. The second-order valence-electron chi connectivity index (χ2n) is 5.17. The van der Waals surface area contributed by atoms with Crippen LogP contribution in [0, 0.1) is 5.92 Å². The van der Waals surface area contributed by atoms with Crippen molar-refractivity contribution in [1.82, 2.24) is 10.6 Å². The van der Waals surface area contributed by atoms with Crippen molar-refractivity contribution in [3.8, 4) is 0 Å². The highest BCUT2D eigenvalue weighted by Crippen LogP contribution is 2.11. The van der Waals surface area contributed by atoms with Crippen LogP contribution in [0.25, 0.3) is 0 Å². The summed E-state index contributed by atoms with van der Waals surface area (Å²) in [4.78, 5) is 0. The Hall–Kier alpha value is -0.900. The van der Waals surface area contributed by atoms with Gasteiger partial charge in [0.15, 0.2) is 0 Å². The van der Waals surface area contributed by atoms with Gasteiger partial charge in [-0.15, -0.1) is 0 Å². The Balaban J connectivity index is 1.75. The van der Waals surface area contributed by atoms with Gasteiger partial charge in [0.05, 0.1) is 6.61 Å². The van der Waals surface area contributed by atoms with Gasteiger partial charge < -0.3 is 15.7 Å². The monoisotopic (exact) mass is 248 g/mol. The SMILES string of the molecule is OC[C@@H](Cc1ccccc1)NCC1CCNCC1. The van der Waals surface area contributed by atoms with Crippen molar-refractivity contribution >= 4 is 0 Å². The molecule has 1 saturated heterocycles. The minimum atomic E-state index is 0.183. The van der Waals surface area contributed by atoms with Crippen LogP contribution in [0.3, 0.4) is 0 Å². The molecule has 3 heteroatoms. The molecule has 0 radical (unpaired) electrons. The Labute approximate surface area is 110 Å². The van der Waals surface area contributed by atoms with E-state index in [1.807, 2.05) is 6.07 Å². The van der Waals surface area contributed by atoms with E-state index in [0.717, 1.165) is 32.0 Å². The molecule has 18 heavy (non-hydrogen) atoms. The average Bonchev–Trinajstić information content (AvgIpc) is 2.45. The maximum Gasteiger partial charge on any atom is 0.0587 e. The van der Waals surface area contributed by atoms with Crippen LogP contribution in [-0.4, -0.2) is 37.4 Å². The van der Waals surface area contributed by atoms with Crippen LogP contribution in [0.2, 0.25) is 0 Å². The highest BCUT2D eigenvalue weighted by atomic mass is 16.3. The third-order valence-electron chi connectivity index (χ3n) is 3.70. The fourth-order valence-electron chi connectivity index (χ4n) is 2.52. The smallest absolute Gasteiger partial charge is 0.0587 e. The quantitative estimate of drug-likeness (QED) is 0.708. The summed E-state index contributed by atoms with van der Waals surface area (Å²) < 4.78 is 0. The lowest BCUT2D eigenvalue weighted by atomic mass is 9.97. The van der Waals surface area contributed by atoms with Crippen molar-refractivity contribution in [3.63, 3.8) is 0 Å². The van der Waals surface area contributed by atoms with E-state index in [2.05, 4.69) is 34.9 Å². The van der Waals surface area contributed by atoms with Crippen molar-refractivity contribution in [2.24, 2.45) is 5.92 Å². The topological polar surface area (TPSA) is 44.3 Å². The molecule has 3 nitrogen and oxygen atoms in total. The number of piperidine rings is 1. The molecule has 1 aromatic rings. The summed E-state index contributed by atoms with van der Waals surface area (Å²) in [5, 5.41) is 16.3. The highest BCUT2D eigenvalue weighted by molar-refractivity contribution is 5.15. The molecule has 0 aromatic heterocycles. The molecular weight excluding hydrogens is 224 g/mol. The fraction of sp³-hybridized carbons (Fsp3) is 0.600. The molecule has 100 valence electrons. The van der Waals surface area contributed by atoms with Gasteiger partial charge in [-0.05, 0) is 50.4 Å². The maximum atomic E-state index is 9.44. The molecule has 1 aliphatic rings. The molecule has 1 heterocycles. The molecule has 0 aliphatic carbocycles. The van der Waals surface area contributed by atoms with Gasteiger partial charge in [0.1, 0.15) is 0 Å². The molecule has 0 saturated carbocycles. The molecule has 1 aliphatic heterocycles. The Kier molecular flexibility index (Phi) is 5.65. The first kappa shape index (κ1) is 13.5. The van der Waals surface area contributed by atoms with Crippen LogP contribution in [0.15, 0.2) is 30.3 Å². The van der Waals surface area contributed by atoms with Crippen LogP contribution in [-0.2, 0) is 6.42 Å². The standard InChI is InChI=1S/C15H24N2O/c18-12-15(10-13-4-2-1-3-5-13)17-11-14-6-8-16-9-7-14/h1-5,14-18H,6-12H2/t15-/m1/s1. The third kappa shape index (κ3) is 4.41. The minimum absolute atomic E-state index is 0.183. The van der Waals surface area contributed by atoms with Gasteiger partial charge in [0, 0.05) is 6.04 Å². The van der Waals surface area contributed by atoms with Crippen LogP contribution in [0.1, 0.15) is 18.4 Å². The number of benzene rings is 1. The van der Waals surface area contributed by atoms with Gasteiger partial charge in [-0.1, -0.05) is 30.3 Å². The van der Waals surface area contributed by atoms with Crippen LogP contribution >= 0.6 is 0 Å². The van der Waals surface area contributed by atoms with Gasteiger partial charge in [0.2, 0.25) is 0 Å². The number of rotatable bonds is 6. The lowest BCUT2D eigenvalue weighted by Crippen LogP contribution is -2.40. The van der Waals surface area contributed by atoms with Crippen molar-refractivity contribution < 1.29 is 5.11 Å². The molecule has 0 unspecified atom stereocenters. The van der Waals surface area contributed by atoms with Crippen molar-refractivity contribution in [3.05, 3.63) is 35.9 Å². The number of nitrogens with one attached hydrogen (secondary N) is 2. The van der Waals surface area contributed by atoms with E-state index in [1.54, 1.807) is 0 Å². The zero-order valence-electron chi connectivity index (χ0n) is 10.9. The highest BCUT2D eigenvalue weighted by Gasteiger charge is 2.15. The zero-order chi connectivity index (χ0) is 12.6. The Morgan fingerprint density at radius 2 is 1.94 bits per heavy atom. The number of aliphatic hydroxyl groups is 1. The van der Waals surface area contributed by atoms with Crippen LogP contribution in [0.4, 0.5) is 0 Å². The lowest BCUT2D eigenvalue weighted by Gasteiger charge is -2.25. The van der Waals surface area contributed by atoms with Gasteiger partial charge in [-0.25, -0.2) is 0 Å². The molecule has 1 atom stereocenters. The lowest BCUT2D eigenvalue weighted by molar-refractivity contribution is 0.230. The van der Waals surface area contributed by atoms with Gasteiger partial charge >= 0.3 is 0 Å². The second-order valence-corrected chi connectivity index (χ2v) is 5.17. The summed E-state index contributed by atoms with van der Waals surface area (Å²) in [5.41, 5.74) is 1.29. The van der Waals surface area contributed by atoms with Crippen molar-refractivity contribution in [2.45, 2.75) is 25.3 Å². The zero-order valence-corrected chi connectivity index (χ0v) is 10.9. The Bertz CT molecular complexity index is 323. The van der Waals surface area contributed by atoms with Gasteiger partial charge in [-0.3, -0.25) is 0 Å². The minimum Gasteiger partial charge on any atom is -0.395 e. The summed E-state index contributed by atoms with van der Waals surface area (Å²) in [6.45, 7) is 3.50. The summed E-state index contributed by atoms with van der Waals surface area (Å²) in [7, 11) is 0. The number of hydrogen-bond donors (Lipinski definition) is 3. The van der Waals surface area contributed by atoms with Crippen LogP contribution in [0.5, 0.6) is 0 Å². The number of aliphatic hydroxyl groups excluding tert-OH is 1. The van der Waals surface area contributed by atoms with Gasteiger partial charge in [-0.2, -0.15) is 0 Å².